The molecule has 0 amide bonds. The number of benzene rings is 3. The monoisotopic (exact) mass is 477 g/mol. The first kappa shape index (κ1) is 20.3. The molecule has 144 valence electrons. The van der Waals surface area contributed by atoms with Gasteiger partial charge >= 0.3 is 0 Å². The third-order valence-electron chi connectivity index (χ3n) is 3.84. The molecule has 0 saturated heterocycles. The Balaban J connectivity index is 2.14. The van der Waals surface area contributed by atoms with Crippen LogP contribution in [-0.2, 0) is 19.7 Å². The molecule has 0 spiro atoms. The average molecular weight is 478 g/mol. The van der Waals surface area contributed by atoms with Crippen LogP contribution in [-0.4, -0.2) is 16.8 Å². The first-order valence-corrected chi connectivity index (χ1v) is 11.9. The van der Waals surface area contributed by atoms with Gasteiger partial charge < -0.3 is 5.32 Å². The quantitative estimate of drug-likeness (QED) is 0.560. The fourth-order valence-electron chi connectivity index (χ4n) is 2.42. The van der Waals surface area contributed by atoms with Gasteiger partial charge in [0.15, 0.2) is 4.24 Å². The minimum atomic E-state index is -4.28. The van der Waals surface area contributed by atoms with Crippen LogP contribution in [0.4, 0.5) is 5.69 Å². The summed E-state index contributed by atoms with van der Waals surface area (Å²) in [5.74, 6) is 0. The van der Waals surface area contributed by atoms with E-state index in [0.29, 0.717) is 5.69 Å². The van der Waals surface area contributed by atoms with Crippen molar-refractivity contribution < 1.29 is 16.8 Å². The molecule has 0 aliphatic carbocycles. The number of hydrogen-bond acceptors (Lipinski definition) is 5. The molecule has 3 aromatic carbocycles. The molecular formula is C20H16BrNO4S2. The fourth-order valence-corrected chi connectivity index (χ4v) is 6.34. The van der Waals surface area contributed by atoms with Gasteiger partial charge in [0.2, 0.25) is 19.7 Å². The molecule has 28 heavy (non-hydrogen) atoms. The van der Waals surface area contributed by atoms with Gasteiger partial charge in [-0.2, -0.15) is 0 Å². The largest absolute Gasteiger partial charge is 0.360 e. The summed E-state index contributed by atoms with van der Waals surface area (Å²) < 4.78 is 52.7. The number of anilines is 1. The summed E-state index contributed by atoms with van der Waals surface area (Å²) in [4.78, 5) is -0.197. The lowest BCUT2D eigenvalue weighted by atomic mass is 10.3. The van der Waals surface area contributed by atoms with Crippen molar-refractivity contribution in [3.63, 3.8) is 0 Å². The Morgan fingerprint density at radius 3 is 1.54 bits per heavy atom. The van der Waals surface area contributed by atoms with Gasteiger partial charge in [0.05, 0.1) is 9.79 Å². The highest BCUT2D eigenvalue weighted by atomic mass is 79.9. The van der Waals surface area contributed by atoms with Crippen LogP contribution in [0.5, 0.6) is 0 Å². The second kappa shape index (κ2) is 8.30. The van der Waals surface area contributed by atoms with Crippen LogP contribution in [0.15, 0.2) is 110 Å². The molecule has 3 rings (SSSR count). The highest BCUT2D eigenvalue weighted by molar-refractivity contribution is 9.10. The predicted molar refractivity (Wildman–Crippen MR) is 113 cm³/mol. The van der Waals surface area contributed by atoms with E-state index in [1.165, 1.54) is 24.3 Å². The third-order valence-corrected chi connectivity index (χ3v) is 8.76. The van der Waals surface area contributed by atoms with Gasteiger partial charge in [-0.1, -0.05) is 52.3 Å². The maximum absolute atomic E-state index is 13.1. The average Bonchev–Trinajstić information content (AvgIpc) is 2.70. The standard InChI is InChI=1S/C20H16BrNO4S2/c21-16-11-13-17(14-12-16)22-15-20(27(23,24)18-7-3-1-4-8-18)28(25,26)19-9-5-2-6-10-19/h1-15,22H. The van der Waals surface area contributed by atoms with Crippen molar-refractivity contribution in [2.24, 2.45) is 0 Å². The van der Waals surface area contributed by atoms with Crippen molar-refractivity contribution in [1.29, 1.82) is 0 Å². The summed E-state index contributed by atoms with van der Waals surface area (Å²) >= 11 is 3.32. The molecule has 0 heterocycles. The van der Waals surface area contributed by atoms with E-state index in [9.17, 15) is 16.8 Å². The zero-order valence-electron chi connectivity index (χ0n) is 14.5. The SMILES string of the molecule is O=S(=O)(C(=CNc1ccc(Br)cc1)S(=O)(=O)c1ccccc1)c1ccccc1. The third kappa shape index (κ3) is 4.35. The molecule has 0 aromatic heterocycles. The topological polar surface area (TPSA) is 80.3 Å². The highest BCUT2D eigenvalue weighted by Gasteiger charge is 2.33. The Hall–Kier alpha value is -2.42. The molecule has 1 N–H and O–H groups in total. The lowest BCUT2D eigenvalue weighted by Crippen LogP contribution is -2.16. The summed E-state index contributed by atoms with van der Waals surface area (Å²) in [6.45, 7) is 0. The van der Waals surface area contributed by atoms with Gasteiger partial charge in [-0.3, -0.25) is 0 Å². The summed E-state index contributed by atoms with van der Waals surface area (Å²) in [6.07, 6.45) is 1.02. The molecule has 0 atom stereocenters. The maximum Gasteiger partial charge on any atom is 0.219 e. The minimum absolute atomic E-state index is 0.0987. The van der Waals surface area contributed by atoms with E-state index in [0.717, 1.165) is 10.7 Å². The number of halogens is 1. The van der Waals surface area contributed by atoms with Crippen molar-refractivity contribution in [3.8, 4) is 0 Å². The number of rotatable bonds is 6. The Morgan fingerprint density at radius 1 is 0.679 bits per heavy atom. The lowest BCUT2D eigenvalue weighted by Gasteiger charge is -2.12. The summed E-state index contributed by atoms with van der Waals surface area (Å²) in [6, 6.07) is 21.9. The zero-order valence-corrected chi connectivity index (χ0v) is 17.7. The zero-order chi connectivity index (χ0) is 20.2. The molecule has 0 radical (unpaired) electrons. The van der Waals surface area contributed by atoms with E-state index in [2.05, 4.69) is 21.2 Å². The molecule has 3 aromatic rings. The van der Waals surface area contributed by atoms with E-state index in [1.807, 2.05) is 0 Å². The molecule has 0 bridgehead atoms. The molecule has 5 nitrogen and oxygen atoms in total. The van der Waals surface area contributed by atoms with Crippen molar-refractivity contribution in [3.05, 3.63) is 99.8 Å². The molecule has 0 aliphatic rings. The van der Waals surface area contributed by atoms with Crippen molar-refractivity contribution in [2.45, 2.75) is 9.79 Å². The van der Waals surface area contributed by atoms with Crippen LogP contribution in [0.1, 0.15) is 0 Å². The summed E-state index contributed by atoms with van der Waals surface area (Å²) in [5, 5.41) is 2.78. The Morgan fingerprint density at radius 2 is 1.11 bits per heavy atom. The van der Waals surface area contributed by atoms with Gasteiger partial charge in [0.1, 0.15) is 0 Å². The Labute approximate surface area is 172 Å². The lowest BCUT2D eigenvalue weighted by molar-refractivity contribution is 0.595. The van der Waals surface area contributed by atoms with Gasteiger partial charge in [-0.05, 0) is 48.5 Å². The smallest absolute Gasteiger partial charge is 0.219 e. The van der Waals surface area contributed by atoms with Crippen LogP contribution < -0.4 is 5.32 Å². The minimum Gasteiger partial charge on any atom is -0.360 e. The number of hydrogen-bond donors (Lipinski definition) is 1. The Bertz CT molecular complexity index is 1120. The summed E-state index contributed by atoms with van der Waals surface area (Å²) in [7, 11) is -8.57. The first-order valence-electron chi connectivity index (χ1n) is 8.14. The molecule has 0 fully saturated rings. The molecule has 0 saturated carbocycles. The normalized spacial score (nSPS) is 11.6. The van der Waals surface area contributed by atoms with E-state index in [1.54, 1.807) is 60.7 Å². The van der Waals surface area contributed by atoms with Gasteiger partial charge in [-0.25, -0.2) is 16.8 Å². The van der Waals surface area contributed by atoms with Crippen LogP contribution >= 0.6 is 15.9 Å². The van der Waals surface area contributed by atoms with Crippen molar-refractivity contribution in [2.75, 3.05) is 5.32 Å². The van der Waals surface area contributed by atoms with E-state index in [-0.39, 0.29) is 9.79 Å². The van der Waals surface area contributed by atoms with Crippen molar-refractivity contribution in [1.82, 2.24) is 0 Å². The van der Waals surface area contributed by atoms with Crippen LogP contribution in [0.25, 0.3) is 0 Å². The fraction of sp³-hybridized carbons (Fsp3) is 0. The van der Waals surface area contributed by atoms with Crippen LogP contribution in [0, 0.1) is 0 Å². The second-order valence-electron chi connectivity index (χ2n) is 5.75. The van der Waals surface area contributed by atoms with Gasteiger partial charge in [0.25, 0.3) is 0 Å². The molecule has 8 heteroatoms. The molecular weight excluding hydrogens is 462 g/mol. The van der Waals surface area contributed by atoms with E-state index < -0.39 is 23.9 Å². The summed E-state index contributed by atoms with van der Waals surface area (Å²) in [5.41, 5.74) is 0.548. The van der Waals surface area contributed by atoms with Gasteiger partial charge in [0, 0.05) is 16.4 Å². The second-order valence-corrected chi connectivity index (χ2v) is 10.8. The maximum atomic E-state index is 13.1. The number of sulfone groups is 2. The van der Waals surface area contributed by atoms with Gasteiger partial charge in [-0.15, -0.1) is 0 Å². The van der Waals surface area contributed by atoms with Crippen LogP contribution in [0.3, 0.4) is 0 Å². The van der Waals surface area contributed by atoms with Crippen LogP contribution in [0.2, 0.25) is 0 Å². The van der Waals surface area contributed by atoms with E-state index in [4.69, 9.17) is 0 Å². The van der Waals surface area contributed by atoms with Crippen molar-refractivity contribution >= 4 is 41.3 Å². The number of nitrogens with one attached hydrogen (secondary N) is 1. The molecule has 0 unspecified atom stereocenters. The Kier molecular flexibility index (Phi) is 6.02. The first-order chi connectivity index (χ1) is 13.3. The molecule has 0 aliphatic heterocycles. The van der Waals surface area contributed by atoms with E-state index >= 15 is 0 Å². The highest BCUT2D eigenvalue weighted by Crippen LogP contribution is 2.29. The predicted octanol–water partition coefficient (Wildman–Crippen LogP) is 4.61.